The summed E-state index contributed by atoms with van der Waals surface area (Å²) >= 11 is 6.01. The highest BCUT2D eigenvalue weighted by Crippen LogP contribution is 2.47. The van der Waals surface area contributed by atoms with E-state index < -0.39 is 40.7 Å². The molecule has 0 aliphatic carbocycles. The largest absolute Gasteiger partial charge is 0.359 e. The molecule has 6 rings (SSSR count). The Bertz CT molecular complexity index is 1630. The lowest BCUT2D eigenvalue weighted by atomic mass is 9.85. The SMILES string of the molecule is O=C(C1=C[C@@H]2[C@@H]3C(=O)N(c4ccc([N+](=O)[O-])cc4)C(=O)[C@H]3[C@H](C(=O)c3ccc(Cl)cc3)N2C=C1)c1ccccc1. The second kappa shape index (κ2) is 9.69. The van der Waals surface area contributed by atoms with Crippen LogP contribution in [0.25, 0.3) is 0 Å². The van der Waals surface area contributed by atoms with Crippen LogP contribution in [0, 0.1) is 22.0 Å². The molecule has 9 nitrogen and oxygen atoms in total. The van der Waals surface area contributed by atoms with E-state index in [2.05, 4.69) is 0 Å². The fraction of sp³-hybridized carbons (Fsp3) is 0.133. The van der Waals surface area contributed by atoms with Crippen LogP contribution < -0.4 is 4.90 Å². The van der Waals surface area contributed by atoms with Gasteiger partial charge in [-0.25, -0.2) is 4.90 Å². The minimum atomic E-state index is -1.04. The second-order valence-corrected chi connectivity index (χ2v) is 10.2. The van der Waals surface area contributed by atoms with Gasteiger partial charge in [0.05, 0.1) is 28.5 Å². The molecule has 2 fully saturated rings. The van der Waals surface area contributed by atoms with Gasteiger partial charge in [-0.05, 0) is 42.5 Å². The summed E-state index contributed by atoms with van der Waals surface area (Å²) in [5, 5.41) is 11.6. The number of nitro groups is 1. The van der Waals surface area contributed by atoms with E-state index in [0.29, 0.717) is 21.7 Å². The number of allylic oxidation sites excluding steroid dienone is 2. The Balaban J connectivity index is 1.42. The Morgan fingerprint density at radius 3 is 2.12 bits per heavy atom. The zero-order valence-electron chi connectivity index (χ0n) is 20.7. The van der Waals surface area contributed by atoms with E-state index in [0.717, 1.165) is 4.90 Å². The molecule has 40 heavy (non-hydrogen) atoms. The molecule has 0 N–H and O–H groups in total. The Morgan fingerprint density at radius 2 is 1.48 bits per heavy atom. The van der Waals surface area contributed by atoms with Crippen molar-refractivity contribution in [3.05, 3.63) is 129 Å². The predicted molar refractivity (Wildman–Crippen MR) is 146 cm³/mol. The maximum atomic E-state index is 13.9. The van der Waals surface area contributed by atoms with E-state index in [4.69, 9.17) is 11.6 Å². The van der Waals surface area contributed by atoms with Crippen LogP contribution in [0.1, 0.15) is 20.7 Å². The van der Waals surface area contributed by atoms with Gasteiger partial charge in [0.15, 0.2) is 11.6 Å². The molecule has 198 valence electrons. The first-order chi connectivity index (χ1) is 19.3. The highest BCUT2D eigenvalue weighted by atomic mass is 35.5. The molecule has 3 aromatic carbocycles. The van der Waals surface area contributed by atoms with Crippen molar-refractivity contribution in [1.82, 2.24) is 4.90 Å². The summed E-state index contributed by atoms with van der Waals surface area (Å²) in [6.07, 6.45) is 4.85. The van der Waals surface area contributed by atoms with Crippen LogP contribution in [0.15, 0.2) is 103 Å². The molecule has 3 aromatic rings. The van der Waals surface area contributed by atoms with Crippen molar-refractivity contribution in [2.75, 3.05) is 4.90 Å². The fourth-order valence-corrected chi connectivity index (χ4v) is 5.84. The number of nitro benzene ring substituents is 1. The predicted octanol–water partition coefficient (Wildman–Crippen LogP) is 4.63. The molecular weight excluding hydrogens is 534 g/mol. The number of rotatable bonds is 6. The Kier molecular flexibility index (Phi) is 6.15. The molecule has 3 aliphatic heterocycles. The number of hydrogen-bond donors (Lipinski definition) is 0. The fourth-order valence-electron chi connectivity index (χ4n) is 5.72. The van der Waals surface area contributed by atoms with E-state index in [-0.39, 0.29) is 22.9 Å². The number of imide groups is 1. The van der Waals surface area contributed by atoms with Crippen LogP contribution in [0.3, 0.4) is 0 Å². The highest BCUT2D eigenvalue weighted by molar-refractivity contribution is 6.30. The number of carbonyl (C=O) groups excluding carboxylic acids is 4. The first-order valence-corrected chi connectivity index (χ1v) is 12.8. The topological polar surface area (TPSA) is 118 Å². The summed E-state index contributed by atoms with van der Waals surface area (Å²) in [6, 6.07) is 18.3. The van der Waals surface area contributed by atoms with Gasteiger partial charge < -0.3 is 4.90 Å². The van der Waals surface area contributed by atoms with Crippen molar-refractivity contribution in [3.8, 4) is 0 Å². The van der Waals surface area contributed by atoms with Gasteiger partial charge in [0, 0.05) is 40.1 Å². The first kappa shape index (κ1) is 25.4. The summed E-state index contributed by atoms with van der Waals surface area (Å²) in [4.78, 5) is 68.0. The van der Waals surface area contributed by atoms with Gasteiger partial charge in [-0.2, -0.15) is 0 Å². The lowest BCUT2D eigenvalue weighted by Crippen LogP contribution is -2.46. The third-order valence-electron chi connectivity index (χ3n) is 7.56. The molecule has 10 heteroatoms. The number of non-ortho nitro benzene ring substituents is 1. The van der Waals surface area contributed by atoms with E-state index >= 15 is 0 Å². The monoisotopic (exact) mass is 553 g/mol. The van der Waals surface area contributed by atoms with Crippen LogP contribution in [0.5, 0.6) is 0 Å². The first-order valence-electron chi connectivity index (χ1n) is 12.5. The molecule has 0 unspecified atom stereocenters. The van der Waals surface area contributed by atoms with Gasteiger partial charge in [-0.1, -0.05) is 48.0 Å². The minimum absolute atomic E-state index is 0.176. The molecule has 0 aromatic heterocycles. The van der Waals surface area contributed by atoms with Crippen LogP contribution in [0.2, 0.25) is 5.02 Å². The molecule has 3 aliphatic rings. The number of carbonyl (C=O) groups is 4. The van der Waals surface area contributed by atoms with Crippen molar-refractivity contribution < 1.29 is 24.1 Å². The lowest BCUT2D eigenvalue weighted by Gasteiger charge is -2.32. The van der Waals surface area contributed by atoms with Gasteiger partial charge in [0.25, 0.3) is 5.69 Å². The van der Waals surface area contributed by atoms with Crippen LogP contribution in [-0.2, 0) is 9.59 Å². The third-order valence-corrected chi connectivity index (χ3v) is 7.81. The van der Waals surface area contributed by atoms with E-state index in [1.165, 1.54) is 24.3 Å². The van der Waals surface area contributed by atoms with E-state index in [9.17, 15) is 29.3 Å². The number of benzene rings is 3. The van der Waals surface area contributed by atoms with E-state index in [1.54, 1.807) is 77.8 Å². The number of anilines is 1. The van der Waals surface area contributed by atoms with E-state index in [1.807, 2.05) is 0 Å². The number of hydrogen-bond acceptors (Lipinski definition) is 7. The van der Waals surface area contributed by atoms with Crippen molar-refractivity contribution in [2.24, 2.45) is 11.8 Å². The zero-order valence-corrected chi connectivity index (χ0v) is 21.5. The van der Waals surface area contributed by atoms with Gasteiger partial charge in [0.1, 0.15) is 6.04 Å². The summed E-state index contributed by atoms with van der Waals surface area (Å²) in [7, 11) is 0. The van der Waals surface area contributed by atoms with Crippen LogP contribution in [0.4, 0.5) is 11.4 Å². The molecule has 4 atom stereocenters. The minimum Gasteiger partial charge on any atom is -0.359 e. The smallest absolute Gasteiger partial charge is 0.269 e. The molecule has 0 radical (unpaired) electrons. The molecule has 2 amide bonds. The van der Waals surface area contributed by atoms with Crippen molar-refractivity contribution in [3.63, 3.8) is 0 Å². The quantitative estimate of drug-likeness (QED) is 0.189. The summed E-state index contributed by atoms with van der Waals surface area (Å²) in [5.41, 5.74) is 1.13. The molecule has 2 saturated heterocycles. The molecular formula is C30H20ClN3O6. The second-order valence-electron chi connectivity index (χ2n) is 9.72. The third kappa shape index (κ3) is 4.02. The van der Waals surface area contributed by atoms with Gasteiger partial charge in [0.2, 0.25) is 11.8 Å². The molecule has 3 heterocycles. The molecule has 0 spiro atoms. The Hall–Kier alpha value is -4.89. The number of nitrogens with zero attached hydrogens (tertiary/aromatic N) is 3. The summed E-state index contributed by atoms with van der Waals surface area (Å²) in [6.45, 7) is 0. The van der Waals surface area contributed by atoms with Crippen LogP contribution in [-0.4, -0.2) is 45.3 Å². The van der Waals surface area contributed by atoms with Crippen molar-refractivity contribution in [1.29, 1.82) is 0 Å². The van der Waals surface area contributed by atoms with Gasteiger partial charge in [-0.3, -0.25) is 29.3 Å². The van der Waals surface area contributed by atoms with Crippen molar-refractivity contribution in [2.45, 2.75) is 12.1 Å². The van der Waals surface area contributed by atoms with Gasteiger partial charge >= 0.3 is 0 Å². The van der Waals surface area contributed by atoms with Gasteiger partial charge in [-0.15, -0.1) is 0 Å². The normalized spacial score (nSPS) is 23.1. The number of Topliss-reactive ketones (excluding diaryl/α,β-unsaturated/α-hetero) is 2. The number of fused-ring (bicyclic) bond motifs is 3. The number of amides is 2. The average molecular weight is 554 g/mol. The maximum absolute atomic E-state index is 13.9. The lowest BCUT2D eigenvalue weighted by molar-refractivity contribution is -0.384. The maximum Gasteiger partial charge on any atom is 0.269 e. The zero-order chi connectivity index (χ0) is 28.1. The summed E-state index contributed by atoms with van der Waals surface area (Å²) in [5.74, 6) is -3.72. The average Bonchev–Trinajstić information content (AvgIpc) is 3.44. The number of halogens is 1. The molecule has 0 bridgehead atoms. The van der Waals surface area contributed by atoms with Crippen molar-refractivity contribution >= 4 is 46.4 Å². The van der Waals surface area contributed by atoms with Crippen LogP contribution >= 0.6 is 11.6 Å². The summed E-state index contributed by atoms with van der Waals surface area (Å²) < 4.78 is 0. The highest BCUT2D eigenvalue weighted by Gasteiger charge is 2.63. The Morgan fingerprint density at radius 1 is 0.825 bits per heavy atom. The number of ketones is 2. The molecule has 0 saturated carbocycles. The Labute approximate surface area is 233 Å². The standard InChI is InChI=1S/C30H20ClN3O6/c31-20-8-6-18(7-9-20)28(36)26-25-24(29(37)33(30(25)38)21-10-12-22(13-11-21)34(39)40)23-16-19(14-15-32(23)26)27(35)17-4-2-1-3-5-17/h1-16,23-26H/t23-,24+,25-,26-/m1/s1.